The molecule has 2 aromatic rings. The molecule has 0 aliphatic rings. The summed E-state index contributed by atoms with van der Waals surface area (Å²) in [7, 11) is 0. The van der Waals surface area contributed by atoms with Gasteiger partial charge >= 0.3 is 11.6 Å². The quantitative estimate of drug-likeness (QED) is 0.416. The van der Waals surface area contributed by atoms with Crippen LogP contribution in [0, 0.1) is 9.81 Å². The molecule has 0 saturated heterocycles. The third kappa shape index (κ3) is 4.44. The number of halogens is 1. The molecule has 13 nitrogen and oxygen atoms in total. The molecule has 1 aromatic carbocycles. The topological polar surface area (TPSA) is 173 Å². The highest BCUT2D eigenvalue weighted by molar-refractivity contribution is 6.31. The number of amides is 1. The minimum atomic E-state index is -0.669. The maximum Gasteiger partial charge on any atom is 0.531 e. The first-order valence-electron chi connectivity index (χ1n) is 6.34. The SMILES string of the molecule is O=C(Cn1cnc([N+](=O)O)n1)N/N=C/c1cc(Cl)cc([N+](=O)O)c1O. The summed E-state index contributed by atoms with van der Waals surface area (Å²) in [4.78, 5) is 35.4. The maximum atomic E-state index is 11.7. The molecule has 0 aliphatic carbocycles. The van der Waals surface area contributed by atoms with Crippen LogP contribution in [0.2, 0.25) is 5.02 Å². The van der Waals surface area contributed by atoms with E-state index in [0.29, 0.717) is 0 Å². The van der Waals surface area contributed by atoms with Crippen LogP contribution in [-0.2, 0) is 11.3 Å². The first-order chi connectivity index (χ1) is 11.8. The minimum Gasteiger partial charge on any atom is -0.502 e. The van der Waals surface area contributed by atoms with E-state index in [4.69, 9.17) is 22.0 Å². The Hall–Kier alpha value is -3.61. The first kappa shape index (κ1) is 17.7. The number of aromatic hydroxyl groups is 1. The van der Waals surface area contributed by atoms with Gasteiger partial charge in [-0.25, -0.2) is 10.6 Å². The Bertz CT molecular complexity index is 880. The molecule has 14 heteroatoms. The molecule has 0 radical (unpaired) electrons. The van der Waals surface area contributed by atoms with E-state index in [1.54, 1.807) is 0 Å². The molecule has 25 heavy (non-hydrogen) atoms. The van der Waals surface area contributed by atoms with Crippen LogP contribution in [0.1, 0.15) is 5.56 Å². The van der Waals surface area contributed by atoms with Crippen LogP contribution < -0.4 is 5.43 Å². The third-order valence-electron chi connectivity index (χ3n) is 2.68. The highest BCUT2D eigenvalue weighted by Gasteiger charge is 2.22. The minimum absolute atomic E-state index is 0.0387. The van der Waals surface area contributed by atoms with Crippen molar-refractivity contribution in [2.75, 3.05) is 0 Å². The van der Waals surface area contributed by atoms with Crippen LogP contribution in [0.3, 0.4) is 0 Å². The molecule has 130 valence electrons. The number of carbonyl (C=O) groups is 1. The summed E-state index contributed by atoms with van der Waals surface area (Å²) >= 11 is 5.74. The second-order valence-corrected chi connectivity index (χ2v) is 4.88. The van der Waals surface area contributed by atoms with E-state index in [0.717, 1.165) is 23.3 Å². The van der Waals surface area contributed by atoms with Crippen molar-refractivity contribution in [3.05, 3.63) is 38.9 Å². The zero-order valence-corrected chi connectivity index (χ0v) is 12.9. The summed E-state index contributed by atoms with van der Waals surface area (Å²) in [5.74, 6) is -1.81. The Morgan fingerprint density at radius 2 is 2.08 bits per heavy atom. The second kappa shape index (κ2) is 7.31. The van der Waals surface area contributed by atoms with Crippen molar-refractivity contribution in [3.63, 3.8) is 0 Å². The number of nitrogens with one attached hydrogen (secondary N) is 1. The largest absolute Gasteiger partial charge is 0.531 e. The van der Waals surface area contributed by atoms with Crippen LogP contribution in [0.15, 0.2) is 23.6 Å². The highest BCUT2D eigenvalue weighted by atomic mass is 35.5. The Morgan fingerprint density at radius 1 is 1.36 bits per heavy atom. The lowest BCUT2D eigenvalue weighted by Gasteiger charge is -2.00. The van der Waals surface area contributed by atoms with Gasteiger partial charge in [-0.2, -0.15) is 9.78 Å². The van der Waals surface area contributed by atoms with Gasteiger partial charge in [0, 0.05) is 21.8 Å². The average Bonchev–Trinajstić information content (AvgIpc) is 2.98. The Morgan fingerprint density at radius 3 is 2.68 bits per heavy atom. The van der Waals surface area contributed by atoms with E-state index in [2.05, 4.69) is 20.6 Å². The smallest absolute Gasteiger partial charge is 0.502 e. The zero-order valence-electron chi connectivity index (χ0n) is 12.1. The average molecular weight is 372 g/mol. The number of carbonyl (C=O) groups excluding carboxylic acids is 1. The van der Waals surface area contributed by atoms with Crippen molar-refractivity contribution in [2.24, 2.45) is 5.10 Å². The molecule has 2 rings (SSSR count). The molecule has 0 aliphatic heterocycles. The number of phenolic OH excluding ortho intramolecular Hbond substituents is 1. The lowest BCUT2D eigenvalue weighted by molar-refractivity contribution is -0.734. The fraction of sp³-hybridized carbons (Fsp3) is 0.0909. The number of hydrazone groups is 1. The molecule has 1 aromatic heterocycles. The van der Waals surface area contributed by atoms with E-state index in [1.807, 2.05) is 0 Å². The molecule has 0 atom stereocenters. The van der Waals surface area contributed by atoms with E-state index < -0.39 is 33.1 Å². The summed E-state index contributed by atoms with van der Waals surface area (Å²) in [5.41, 5.74) is 1.56. The number of hydrogen-bond donors (Lipinski definition) is 4. The Kier molecular flexibility index (Phi) is 5.18. The summed E-state index contributed by atoms with van der Waals surface area (Å²) < 4.78 is 0.970. The monoisotopic (exact) mass is 371 g/mol. The van der Waals surface area contributed by atoms with Gasteiger partial charge in [0.2, 0.25) is 12.1 Å². The zero-order chi connectivity index (χ0) is 18.6. The van der Waals surface area contributed by atoms with Gasteiger partial charge in [0.05, 0.1) is 11.1 Å². The first-order valence-corrected chi connectivity index (χ1v) is 6.72. The van der Waals surface area contributed by atoms with Crippen molar-refractivity contribution in [3.8, 4) is 5.75 Å². The van der Waals surface area contributed by atoms with Crippen molar-refractivity contribution in [2.45, 2.75) is 6.54 Å². The van der Waals surface area contributed by atoms with Gasteiger partial charge < -0.3 is 10.3 Å². The molecule has 0 unspecified atom stereocenters. The number of phenols is 1. The number of benzene rings is 1. The molecule has 0 spiro atoms. The molecular formula is C11H10ClN7O6+2. The molecule has 0 fully saturated rings. The lowest BCUT2D eigenvalue weighted by Crippen LogP contribution is -2.23. The molecule has 0 saturated carbocycles. The number of rotatable bonds is 6. The van der Waals surface area contributed by atoms with E-state index in [-0.39, 0.29) is 17.1 Å². The molecule has 1 heterocycles. The van der Waals surface area contributed by atoms with Crippen molar-refractivity contribution >= 4 is 35.4 Å². The molecule has 0 bridgehead atoms. The van der Waals surface area contributed by atoms with Crippen molar-refractivity contribution in [1.29, 1.82) is 0 Å². The summed E-state index contributed by atoms with van der Waals surface area (Å²) in [6, 6.07) is 2.27. The summed E-state index contributed by atoms with van der Waals surface area (Å²) in [5, 5.41) is 34.3. The fourth-order valence-corrected chi connectivity index (χ4v) is 1.88. The maximum absolute atomic E-state index is 11.7. The van der Waals surface area contributed by atoms with Crippen LogP contribution in [0.25, 0.3) is 0 Å². The highest BCUT2D eigenvalue weighted by Crippen LogP contribution is 2.31. The Labute approximate surface area is 142 Å². The van der Waals surface area contributed by atoms with Gasteiger partial charge in [0.25, 0.3) is 10.8 Å². The second-order valence-electron chi connectivity index (χ2n) is 4.44. The van der Waals surface area contributed by atoms with Crippen molar-refractivity contribution in [1.82, 2.24) is 20.2 Å². The number of hydrogen-bond acceptors (Lipinski definition) is 7. The van der Waals surface area contributed by atoms with Crippen LogP contribution in [0.4, 0.5) is 11.6 Å². The predicted octanol–water partition coefficient (Wildman–Crippen LogP) is 0.387. The van der Waals surface area contributed by atoms with Crippen LogP contribution >= 0.6 is 11.6 Å². The van der Waals surface area contributed by atoms with E-state index in [1.165, 1.54) is 6.07 Å². The lowest BCUT2D eigenvalue weighted by atomic mass is 10.2. The number of nitrogens with zero attached hydrogens (tertiary/aromatic N) is 6. The van der Waals surface area contributed by atoms with Gasteiger partial charge in [0.15, 0.2) is 4.92 Å². The third-order valence-corrected chi connectivity index (χ3v) is 2.90. The normalized spacial score (nSPS) is 10.8. The van der Waals surface area contributed by atoms with Crippen LogP contribution in [0.5, 0.6) is 5.75 Å². The Balaban J connectivity index is 2.04. The van der Waals surface area contributed by atoms with Gasteiger partial charge in [0.1, 0.15) is 6.54 Å². The van der Waals surface area contributed by atoms with E-state index in [9.17, 15) is 19.7 Å². The fourth-order valence-electron chi connectivity index (χ4n) is 1.65. The van der Waals surface area contributed by atoms with Gasteiger partial charge in [-0.05, 0) is 11.1 Å². The number of aromatic nitrogens is 3. The molecular weight excluding hydrogens is 362 g/mol. The van der Waals surface area contributed by atoms with Crippen LogP contribution in [-0.4, -0.2) is 52.3 Å². The molecule has 1 amide bonds. The van der Waals surface area contributed by atoms with E-state index >= 15 is 0 Å². The summed E-state index contributed by atoms with van der Waals surface area (Å²) in [6.45, 7) is -0.365. The molecule has 4 N–H and O–H groups in total. The van der Waals surface area contributed by atoms with Gasteiger partial charge in [-0.15, -0.1) is 0 Å². The van der Waals surface area contributed by atoms with Gasteiger partial charge in [-0.1, -0.05) is 16.5 Å². The van der Waals surface area contributed by atoms with Gasteiger partial charge in [-0.3, -0.25) is 4.79 Å². The standard InChI is InChI=1S/C11H8ClN7O6/c12-7-1-6(10(21)8(2-7)18(22)23)3-14-15-9(20)4-17-5-13-11(16-17)19(24)25/h1-3,5H,4H2,(H2-2,14,15,20,21,22,23,24,25)/p+2. The summed E-state index contributed by atoms with van der Waals surface area (Å²) in [6.07, 6.45) is 2.03. The van der Waals surface area contributed by atoms with Crippen molar-refractivity contribution < 1.29 is 30.2 Å². The predicted molar refractivity (Wildman–Crippen MR) is 79.0 cm³/mol.